The molecule has 18 heavy (non-hydrogen) atoms. The Balaban J connectivity index is 1.78. The zero-order valence-corrected chi connectivity index (χ0v) is 10.8. The third-order valence-electron chi connectivity index (χ3n) is 4.49. The molecule has 1 aliphatic carbocycles. The summed E-state index contributed by atoms with van der Waals surface area (Å²) in [6.07, 6.45) is 7.31. The van der Waals surface area contributed by atoms with Crippen LogP contribution in [0, 0.1) is 5.92 Å². The van der Waals surface area contributed by atoms with Gasteiger partial charge < -0.3 is 9.69 Å². The first-order valence-electron chi connectivity index (χ1n) is 7.16. The van der Waals surface area contributed by atoms with Crippen LogP contribution >= 0.6 is 0 Å². The molecular weight excluding hydrogens is 222 g/mol. The van der Waals surface area contributed by atoms with E-state index < -0.39 is 0 Å². The molecule has 0 aromatic heterocycles. The number of para-hydroxylation sites is 1. The normalized spacial score (nSPS) is 23.3. The highest BCUT2D eigenvalue weighted by Crippen LogP contribution is 2.39. The molecular formula is C16H21NO. The van der Waals surface area contributed by atoms with Crippen LogP contribution in [0.25, 0.3) is 0 Å². The average molecular weight is 243 g/mol. The van der Waals surface area contributed by atoms with Crippen molar-refractivity contribution in [3.8, 4) is 0 Å². The second kappa shape index (κ2) is 5.13. The van der Waals surface area contributed by atoms with Crippen LogP contribution in [-0.4, -0.2) is 19.4 Å². The maximum atomic E-state index is 10.8. The van der Waals surface area contributed by atoms with Crippen molar-refractivity contribution in [2.75, 3.05) is 18.0 Å². The van der Waals surface area contributed by atoms with Crippen molar-refractivity contribution >= 4 is 12.0 Å². The lowest BCUT2D eigenvalue weighted by atomic mass is 9.99. The van der Waals surface area contributed by atoms with Gasteiger partial charge in [-0.2, -0.15) is 0 Å². The molecule has 1 aliphatic heterocycles. The number of anilines is 1. The third-order valence-corrected chi connectivity index (χ3v) is 4.49. The zero-order chi connectivity index (χ0) is 12.4. The van der Waals surface area contributed by atoms with Crippen molar-refractivity contribution in [3.05, 3.63) is 29.8 Å². The molecule has 0 spiro atoms. The molecule has 1 saturated carbocycles. The molecule has 0 N–H and O–H groups in total. The largest absolute Gasteiger partial charge is 0.370 e. The molecule has 2 nitrogen and oxygen atoms in total. The molecule has 2 heteroatoms. The van der Waals surface area contributed by atoms with Crippen molar-refractivity contribution in [1.82, 2.24) is 0 Å². The number of carbonyl (C=O) groups is 1. The molecule has 3 rings (SSSR count). The molecule has 96 valence electrons. The summed E-state index contributed by atoms with van der Waals surface area (Å²) < 4.78 is 0. The number of aldehydes is 1. The lowest BCUT2D eigenvalue weighted by molar-refractivity contribution is -0.108. The fourth-order valence-corrected chi connectivity index (χ4v) is 3.58. The van der Waals surface area contributed by atoms with E-state index in [1.165, 1.54) is 43.5 Å². The van der Waals surface area contributed by atoms with Crippen LogP contribution in [0.3, 0.4) is 0 Å². The second-order valence-electron chi connectivity index (χ2n) is 5.71. The van der Waals surface area contributed by atoms with Gasteiger partial charge in [-0.1, -0.05) is 31.0 Å². The van der Waals surface area contributed by atoms with E-state index in [0.29, 0.717) is 12.3 Å². The lowest BCUT2D eigenvalue weighted by Crippen LogP contribution is -2.27. The van der Waals surface area contributed by atoms with E-state index in [4.69, 9.17) is 0 Å². The van der Waals surface area contributed by atoms with Crippen molar-refractivity contribution in [3.63, 3.8) is 0 Å². The Bertz CT molecular complexity index is 423. The highest BCUT2D eigenvalue weighted by Gasteiger charge is 2.29. The minimum atomic E-state index is 0.417. The van der Waals surface area contributed by atoms with E-state index in [0.717, 1.165) is 18.7 Å². The topological polar surface area (TPSA) is 20.3 Å². The van der Waals surface area contributed by atoms with Crippen molar-refractivity contribution in [1.29, 1.82) is 0 Å². The Morgan fingerprint density at radius 3 is 2.78 bits per heavy atom. The van der Waals surface area contributed by atoms with Gasteiger partial charge in [0.15, 0.2) is 0 Å². The number of carbonyl (C=O) groups excluding carboxylic acids is 1. The number of hydrogen-bond acceptors (Lipinski definition) is 2. The van der Waals surface area contributed by atoms with Gasteiger partial charge in [0.25, 0.3) is 0 Å². The van der Waals surface area contributed by atoms with Crippen LogP contribution in [0.1, 0.15) is 43.6 Å². The van der Waals surface area contributed by atoms with Crippen LogP contribution in [0.15, 0.2) is 24.3 Å². The van der Waals surface area contributed by atoms with Gasteiger partial charge in [-0.15, -0.1) is 0 Å². The summed E-state index contributed by atoms with van der Waals surface area (Å²) in [5.41, 5.74) is 2.75. The smallest absolute Gasteiger partial charge is 0.120 e. The Labute approximate surface area is 109 Å². The molecule has 1 fully saturated rings. The highest BCUT2D eigenvalue weighted by molar-refractivity contribution is 5.63. The summed E-state index contributed by atoms with van der Waals surface area (Å²) in [7, 11) is 0. The van der Waals surface area contributed by atoms with Crippen molar-refractivity contribution in [2.24, 2.45) is 5.92 Å². The van der Waals surface area contributed by atoms with Crippen molar-refractivity contribution < 1.29 is 4.79 Å². The molecule has 0 radical (unpaired) electrons. The first-order valence-corrected chi connectivity index (χ1v) is 7.16. The van der Waals surface area contributed by atoms with E-state index in [1.54, 1.807) is 0 Å². The van der Waals surface area contributed by atoms with Crippen LogP contribution in [0.4, 0.5) is 5.69 Å². The molecule has 0 saturated heterocycles. The maximum Gasteiger partial charge on any atom is 0.120 e. The van der Waals surface area contributed by atoms with E-state index in [1.807, 2.05) is 0 Å². The minimum Gasteiger partial charge on any atom is -0.370 e. The van der Waals surface area contributed by atoms with Gasteiger partial charge >= 0.3 is 0 Å². The molecule has 0 amide bonds. The lowest BCUT2D eigenvalue weighted by Gasteiger charge is -2.23. The predicted octanol–water partition coefficient (Wildman–Crippen LogP) is 3.37. The quantitative estimate of drug-likeness (QED) is 0.756. The Hall–Kier alpha value is -1.31. The van der Waals surface area contributed by atoms with Crippen molar-refractivity contribution in [2.45, 2.75) is 38.0 Å². The molecule has 1 aromatic rings. The van der Waals surface area contributed by atoms with Gasteiger partial charge in [-0.3, -0.25) is 0 Å². The van der Waals surface area contributed by atoms with Gasteiger partial charge in [0, 0.05) is 31.1 Å². The Kier molecular flexibility index (Phi) is 3.35. The van der Waals surface area contributed by atoms with Crippen LogP contribution < -0.4 is 4.90 Å². The summed E-state index contributed by atoms with van der Waals surface area (Å²) in [6.45, 7) is 2.22. The van der Waals surface area contributed by atoms with Gasteiger partial charge in [0.05, 0.1) is 0 Å². The summed E-state index contributed by atoms with van der Waals surface area (Å²) in [6, 6.07) is 8.62. The SMILES string of the molecule is O=CCC1CN(CC2CCCC2)c2ccccc21. The Morgan fingerprint density at radius 2 is 2.00 bits per heavy atom. The zero-order valence-electron chi connectivity index (χ0n) is 10.8. The fraction of sp³-hybridized carbons (Fsp3) is 0.562. The summed E-state index contributed by atoms with van der Waals surface area (Å²) >= 11 is 0. The monoisotopic (exact) mass is 243 g/mol. The van der Waals surface area contributed by atoms with E-state index in [2.05, 4.69) is 29.2 Å². The molecule has 1 atom stereocenters. The van der Waals surface area contributed by atoms with Gasteiger partial charge in [-0.05, 0) is 30.4 Å². The number of benzene rings is 1. The molecule has 2 aliphatic rings. The van der Waals surface area contributed by atoms with E-state index in [9.17, 15) is 4.79 Å². The summed E-state index contributed by atoms with van der Waals surface area (Å²) in [5.74, 6) is 1.29. The number of nitrogens with zero attached hydrogens (tertiary/aromatic N) is 1. The van der Waals surface area contributed by atoms with Crippen LogP contribution in [-0.2, 0) is 4.79 Å². The molecule has 1 unspecified atom stereocenters. The van der Waals surface area contributed by atoms with Crippen LogP contribution in [0.5, 0.6) is 0 Å². The minimum absolute atomic E-state index is 0.417. The van der Waals surface area contributed by atoms with Gasteiger partial charge in [0.2, 0.25) is 0 Å². The summed E-state index contributed by atoms with van der Waals surface area (Å²) in [5, 5.41) is 0. The number of rotatable bonds is 4. The third kappa shape index (κ3) is 2.16. The van der Waals surface area contributed by atoms with Gasteiger partial charge in [-0.25, -0.2) is 0 Å². The van der Waals surface area contributed by atoms with Crippen LogP contribution in [0.2, 0.25) is 0 Å². The van der Waals surface area contributed by atoms with Gasteiger partial charge in [0.1, 0.15) is 6.29 Å². The fourth-order valence-electron chi connectivity index (χ4n) is 3.58. The van der Waals surface area contributed by atoms with E-state index >= 15 is 0 Å². The molecule has 1 heterocycles. The second-order valence-corrected chi connectivity index (χ2v) is 5.71. The Morgan fingerprint density at radius 1 is 1.22 bits per heavy atom. The molecule has 1 aromatic carbocycles. The summed E-state index contributed by atoms with van der Waals surface area (Å²) in [4.78, 5) is 13.3. The first-order chi connectivity index (χ1) is 8.88. The highest BCUT2D eigenvalue weighted by atomic mass is 16.1. The number of hydrogen-bond donors (Lipinski definition) is 0. The molecule has 0 bridgehead atoms. The standard InChI is InChI=1S/C16H21NO/c18-10-9-14-12-17(11-13-5-1-2-6-13)16-8-4-3-7-15(14)16/h3-4,7-8,10,13-14H,1-2,5-6,9,11-12H2. The first kappa shape index (κ1) is 11.8. The predicted molar refractivity (Wildman–Crippen MR) is 74.0 cm³/mol. The average Bonchev–Trinajstić information content (AvgIpc) is 3.00. The van der Waals surface area contributed by atoms with E-state index in [-0.39, 0.29) is 0 Å². The number of fused-ring (bicyclic) bond motifs is 1. The maximum absolute atomic E-state index is 10.8.